The van der Waals surface area contributed by atoms with Crippen molar-refractivity contribution in [2.75, 3.05) is 17.6 Å². The highest BCUT2D eigenvalue weighted by atomic mass is 32.2. The molecule has 0 radical (unpaired) electrons. The molecule has 0 saturated heterocycles. The normalized spacial score (nSPS) is 11.5. The number of aryl methyl sites for hydroxylation is 2. The number of aromatic nitrogens is 2. The van der Waals surface area contributed by atoms with Crippen LogP contribution in [0.25, 0.3) is 0 Å². The van der Waals surface area contributed by atoms with Crippen molar-refractivity contribution in [3.8, 4) is 0 Å². The van der Waals surface area contributed by atoms with Gasteiger partial charge in [0.2, 0.25) is 10.0 Å². The van der Waals surface area contributed by atoms with Crippen LogP contribution in [-0.2, 0) is 16.4 Å². The summed E-state index contributed by atoms with van der Waals surface area (Å²) in [7, 11) is -3.81. The van der Waals surface area contributed by atoms with Crippen molar-refractivity contribution in [3.05, 3.63) is 35.7 Å². The van der Waals surface area contributed by atoms with Crippen molar-refractivity contribution in [2.24, 2.45) is 5.14 Å². The van der Waals surface area contributed by atoms with Gasteiger partial charge >= 0.3 is 0 Å². The number of rotatable bonds is 6. The number of hydrogen-bond acceptors (Lipinski definition) is 5. The highest BCUT2D eigenvalue weighted by Crippen LogP contribution is 2.25. The summed E-state index contributed by atoms with van der Waals surface area (Å²) in [5.74, 6) is 0. The molecule has 1 heterocycles. The number of nitrogens with two attached hydrogens (primary N) is 2. The van der Waals surface area contributed by atoms with Crippen molar-refractivity contribution in [3.63, 3.8) is 0 Å². The highest BCUT2D eigenvalue weighted by Gasteiger charge is 2.14. The highest BCUT2D eigenvalue weighted by molar-refractivity contribution is 7.89. The Morgan fingerprint density at radius 3 is 2.76 bits per heavy atom. The number of H-pyrrole nitrogens is 1. The Hall–Kier alpha value is -2.06. The summed E-state index contributed by atoms with van der Waals surface area (Å²) in [6.07, 6.45) is 3.56. The van der Waals surface area contributed by atoms with Crippen LogP contribution in [-0.4, -0.2) is 25.2 Å². The SMILES string of the molecule is Cc1[nH]ncc1CCCNc1cccc(S(N)(=O)=O)c1N. The molecule has 0 atom stereocenters. The van der Waals surface area contributed by atoms with Crippen molar-refractivity contribution >= 4 is 21.4 Å². The second kappa shape index (κ2) is 6.15. The summed E-state index contributed by atoms with van der Waals surface area (Å²) in [5, 5.41) is 15.1. The third-order valence-electron chi connectivity index (χ3n) is 3.25. The van der Waals surface area contributed by atoms with E-state index in [4.69, 9.17) is 10.9 Å². The number of benzene rings is 1. The van der Waals surface area contributed by atoms with Crippen molar-refractivity contribution in [1.82, 2.24) is 10.2 Å². The lowest BCUT2D eigenvalue weighted by molar-refractivity contribution is 0.598. The molecular formula is C13H19N5O2S. The molecule has 6 N–H and O–H groups in total. The number of para-hydroxylation sites is 1. The number of nitrogens with zero attached hydrogens (tertiary/aromatic N) is 1. The van der Waals surface area contributed by atoms with Gasteiger partial charge in [-0.05, 0) is 37.5 Å². The minimum atomic E-state index is -3.81. The molecule has 2 rings (SSSR count). The van der Waals surface area contributed by atoms with E-state index in [1.165, 1.54) is 11.6 Å². The first kappa shape index (κ1) is 15.3. The molecule has 0 aliphatic carbocycles. The van der Waals surface area contributed by atoms with Crippen LogP contribution in [0.4, 0.5) is 11.4 Å². The van der Waals surface area contributed by atoms with E-state index in [0.29, 0.717) is 12.2 Å². The van der Waals surface area contributed by atoms with E-state index >= 15 is 0 Å². The quantitative estimate of drug-likeness (QED) is 0.467. The second-order valence-corrected chi connectivity index (χ2v) is 6.34. The van der Waals surface area contributed by atoms with Gasteiger partial charge in [-0.15, -0.1) is 0 Å². The Balaban J connectivity index is 1.97. The molecule has 114 valence electrons. The molecule has 7 nitrogen and oxygen atoms in total. The average molecular weight is 309 g/mol. The van der Waals surface area contributed by atoms with Gasteiger partial charge in [0, 0.05) is 12.2 Å². The van der Waals surface area contributed by atoms with Crippen LogP contribution >= 0.6 is 0 Å². The van der Waals surface area contributed by atoms with Crippen LogP contribution in [0, 0.1) is 6.92 Å². The van der Waals surface area contributed by atoms with Crippen LogP contribution in [0.1, 0.15) is 17.7 Å². The molecule has 0 unspecified atom stereocenters. The van der Waals surface area contributed by atoms with Crippen molar-refractivity contribution in [1.29, 1.82) is 0 Å². The first-order chi connectivity index (χ1) is 9.89. The Morgan fingerprint density at radius 1 is 1.38 bits per heavy atom. The van der Waals surface area contributed by atoms with Gasteiger partial charge in [-0.1, -0.05) is 6.07 Å². The fraction of sp³-hybridized carbons (Fsp3) is 0.308. The average Bonchev–Trinajstić information content (AvgIpc) is 2.80. The zero-order valence-corrected chi connectivity index (χ0v) is 12.6. The van der Waals surface area contributed by atoms with E-state index in [-0.39, 0.29) is 10.6 Å². The van der Waals surface area contributed by atoms with Crippen LogP contribution in [0.2, 0.25) is 0 Å². The lowest BCUT2D eigenvalue weighted by Crippen LogP contribution is -2.15. The molecule has 0 aliphatic heterocycles. The number of nitrogen functional groups attached to an aromatic ring is 1. The van der Waals surface area contributed by atoms with Crippen LogP contribution in [0.15, 0.2) is 29.3 Å². The maximum atomic E-state index is 11.4. The molecule has 2 aromatic rings. The van der Waals surface area contributed by atoms with Gasteiger partial charge in [-0.25, -0.2) is 13.6 Å². The summed E-state index contributed by atoms with van der Waals surface area (Å²) >= 11 is 0. The lowest BCUT2D eigenvalue weighted by atomic mass is 10.1. The predicted molar refractivity (Wildman–Crippen MR) is 82.4 cm³/mol. The minimum Gasteiger partial charge on any atom is -0.396 e. The number of nitrogens with one attached hydrogen (secondary N) is 2. The van der Waals surface area contributed by atoms with E-state index in [2.05, 4.69) is 15.5 Å². The first-order valence-corrected chi connectivity index (χ1v) is 8.08. The van der Waals surface area contributed by atoms with E-state index in [1.807, 2.05) is 13.1 Å². The summed E-state index contributed by atoms with van der Waals surface area (Å²) in [6.45, 7) is 2.65. The van der Waals surface area contributed by atoms with Crippen LogP contribution in [0.3, 0.4) is 0 Å². The molecule has 0 saturated carbocycles. The number of hydrogen-bond donors (Lipinski definition) is 4. The molecule has 21 heavy (non-hydrogen) atoms. The lowest BCUT2D eigenvalue weighted by Gasteiger charge is -2.11. The minimum absolute atomic E-state index is 0.0572. The fourth-order valence-corrected chi connectivity index (χ4v) is 2.76. The van der Waals surface area contributed by atoms with Gasteiger partial charge < -0.3 is 11.1 Å². The molecule has 0 fully saturated rings. The number of aromatic amines is 1. The molecule has 0 bridgehead atoms. The monoisotopic (exact) mass is 309 g/mol. The third-order valence-corrected chi connectivity index (χ3v) is 4.21. The fourth-order valence-electron chi connectivity index (χ4n) is 2.08. The topological polar surface area (TPSA) is 127 Å². The molecule has 1 aromatic heterocycles. The van der Waals surface area contributed by atoms with Gasteiger partial charge in [0.05, 0.1) is 17.6 Å². The zero-order chi connectivity index (χ0) is 15.5. The third kappa shape index (κ3) is 3.73. The van der Waals surface area contributed by atoms with E-state index < -0.39 is 10.0 Å². The maximum absolute atomic E-state index is 11.4. The Morgan fingerprint density at radius 2 is 2.14 bits per heavy atom. The largest absolute Gasteiger partial charge is 0.396 e. The van der Waals surface area contributed by atoms with Crippen molar-refractivity contribution in [2.45, 2.75) is 24.7 Å². The zero-order valence-electron chi connectivity index (χ0n) is 11.8. The molecule has 1 aromatic carbocycles. The number of primary sulfonamides is 1. The van der Waals surface area contributed by atoms with Gasteiger partial charge in [0.25, 0.3) is 0 Å². The molecule has 0 amide bonds. The Kier molecular flexibility index (Phi) is 4.49. The molecular weight excluding hydrogens is 290 g/mol. The Bertz CT molecular complexity index is 724. The molecule has 0 spiro atoms. The van der Waals surface area contributed by atoms with Crippen LogP contribution in [0.5, 0.6) is 0 Å². The standard InChI is InChI=1S/C13H19N5O2S/c1-9-10(8-17-18-9)4-3-7-16-11-5-2-6-12(13(11)14)21(15,19)20/h2,5-6,8,16H,3-4,7,14H2,1H3,(H,17,18)(H2,15,19,20). The van der Waals surface area contributed by atoms with Gasteiger partial charge in [-0.3, -0.25) is 5.10 Å². The van der Waals surface area contributed by atoms with Crippen molar-refractivity contribution < 1.29 is 8.42 Å². The summed E-state index contributed by atoms with van der Waals surface area (Å²) < 4.78 is 22.8. The number of anilines is 2. The summed E-state index contributed by atoms with van der Waals surface area (Å²) in [4.78, 5) is -0.0572. The second-order valence-electron chi connectivity index (χ2n) is 4.81. The van der Waals surface area contributed by atoms with E-state index in [1.54, 1.807) is 12.1 Å². The Labute approximate surface area is 123 Å². The van der Waals surface area contributed by atoms with E-state index in [9.17, 15) is 8.42 Å². The van der Waals surface area contributed by atoms with Gasteiger partial charge in [-0.2, -0.15) is 5.10 Å². The predicted octanol–water partition coefficient (Wildman–Crippen LogP) is 0.992. The van der Waals surface area contributed by atoms with Gasteiger partial charge in [0.15, 0.2) is 0 Å². The molecule has 8 heteroatoms. The van der Waals surface area contributed by atoms with E-state index in [0.717, 1.165) is 18.5 Å². The molecule has 0 aliphatic rings. The van der Waals surface area contributed by atoms with Gasteiger partial charge in [0.1, 0.15) is 4.90 Å². The van der Waals surface area contributed by atoms with Crippen LogP contribution < -0.4 is 16.2 Å². The smallest absolute Gasteiger partial charge is 0.240 e. The first-order valence-electron chi connectivity index (χ1n) is 6.53. The number of sulfonamides is 1. The summed E-state index contributed by atoms with van der Waals surface area (Å²) in [5.41, 5.74) is 8.79. The summed E-state index contributed by atoms with van der Waals surface area (Å²) in [6, 6.07) is 4.73. The maximum Gasteiger partial charge on any atom is 0.240 e.